The zero-order valence-corrected chi connectivity index (χ0v) is 41.4. The van der Waals surface area contributed by atoms with Crippen molar-refractivity contribution in [2.75, 3.05) is 33.0 Å². The normalized spacial score (nSPS) is 14.6. The number of esters is 1. The van der Waals surface area contributed by atoms with Gasteiger partial charge in [-0.2, -0.15) is 0 Å². The van der Waals surface area contributed by atoms with Gasteiger partial charge in [0.1, 0.15) is 12.2 Å². The lowest BCUT2D eigenvalue weighted by molar-refractivity contribution is -0.154. The minimum Gasteiger partial charge on any atom is -0.457 e. The van der Waals surface area contributed by atoms with Crippen molar-refractivity contribution >= 4 is 13.8 Å². The van der Waals surface area contributed by atoms with Crippen molar-refractivity contribution in [1.29, 1.82) is 0 Å². The Balaban J connectivity index is 4.18. The number of phosphoric acid groups is 1. The Bertz CT molecular complexity index is 1320. The predicted molar refractivity (Wildman–Crippen MR) is 269 cm³/mol. The summed E-state index contributed by atoms with van der Waals surface area (Å²) in [4.78, 5) is 22.7. The van der Waals surface area contributed by atoms with E-state index in [1.54, 1.807) is 0 Å². The second-order valence-corrected chi connectivity index (χ2v) is 17.9. The average molecular weight is 917 g/mol. The molecule has 64 heavy (non-hydrogen) atoms. The van der Waals surface area contributed by atoms with Gasteiger partial charge in [-0.1, -0.05) is 188 Å². The fourth-order valence-electron chi connectivity index (χ4n) is 6.45. The molecule has 3 atom stereocenters. The van der Waals surface area contributed by atoms with Crippen molar-refractivity contribution in [3.05, 3.63) is 97.2 Å². The molecule has 0 aromatic heterocycles. The molecule has 0 aliphatic rings. The van der Waals surface area contributed by atoms with E-state index in [4.69, 9.17) is 23.6 Å². The number of aliphatic hydroxyl groups excluding tert-OH is 2. The monoisotopic (exact) mass is 917 g/mol. The quantitative estimate of drug-likeness (QED) is 0.0236. The van der Waals surface area contributed by atoms with Crippen molar-refractivity contribution in [3.8, 4) is 0 Å². The minimum atomic E-state index is -4.54. The van der Waals surface area contributed by atoms with Crippen LogP contribution in [-0.4, -0.2) is 66.3 Å². The average Bonchev–Trinajstić information content (AvgIpc) is 3.29. The van der Waals surface area contributed by atoms with E-state index in [-0.39, 0.29) is 13.0 Å². The molecule has 0 radical (unpaired) electrons. The van der Waals surface area contributed by atoms with Gasteiger partial charge >= 0.3 is 13.8 Å². The number of hydrogen-bond donors (Lipinski definition) is 3. The van der Waals surface area contributed by atoms with Crippen LogP contribution in [0.25, 0.3) is 0 Å². The van der Waals surface area contributed by atoms with Gasteiger partial charge in [0.05, 0.1) is 26.4 Å². The second kappa shape index (κ2) is 49.8. The van der Waals surface area contributed by atoms with Crippen LogP contribution in [0.2, 0.25) is 0 Å². The Morgan fingerprint density at radius 1 is 0.500 bits per heavy atom. The Kier molecular flexibility index (Phi) is 47.8. The van der Waals surface area contributed by atoms with E-state index in [1.165, 1.54) is 77.0 Å². The van der Waals surface area contributed by atoms with Crippen molar-refractivity contribution in [3.63, 3.8) is 0 Å². The molecule has 368 valence electrons. The third-order valence-electron chi connectivity index (χ3n) is 10.3. The highest BCUT2D eigenvalue weighted by Gasteiger charge is 2.26. The fourth-order valence-corrected chi connectivity index (χ4v) is 7.24. The van der Waals surface area contributed by atoms with Gasteiger partial charge in [0.15, 0.2) is 0 Å². The molecule has 9 nitrogen and oxygen atoms in total. The highest BCUT2D eigenvalue weighted by molar-refractivity contribution is 7.47. The molecule has 3 unspecified atom stereocenters. The third-order valence-corrected chi connectivity index (χ3v) is 11.2. The summed E-state index contributed by atoms with van der Waals surface area (Å²) in [6.45, 7) is 3.33. The number of carbonyl (C=O) groups excluding carboxylic acids is 1. The van der Waals surface area contributed by atoms with Gasteiger partial charge in [0.25, 0.3) is 0 Å². The molecule has 0 amide bonds. The Morgan fingerprint density at radius 3 is 1.34 bits per heavy atom. The maximum atomic E-state index is 12.7. The Morgan fingerprint density at radius 2 is 0.891 bits per heavy atom. The topological polar surface area (TPSA) is 132 Å². The molecular weight excluding hydrogens is 824 g/mol. The number of carbonyl (C=O) groups is 1. The van der Waals surface area contributed by atoms with Crippen LogP contribution in [0.3, 0.4) is 0 Å². The van der Waals surface area contributed by atoms with Crippen LogP contribution < -0.4 is 0 Å². The molecule has 0 aliphatic heterocycles. The predicted octanol–water partition coefficient (Wildman–Crippen LogP) is 14.8. The summed E-state index contributed by atoms with van der Waals surface area (Å²) in [7, 11) is -4.54. The molecule has 0 aromatic carbocycles. The van der Waals surface area contributed by atoms with Crippen molar-refractivity contribution in [2.24, 2.45) is 0 Å². The molecule has 0 rings (SSSR count). The first-order valence-electron chi connectivity index (χ1n) is 25.2. The van der Waals surface area contributed by atoms with Gasteiger partial charge in [-0.15, -0.1) is 0 Å². The number of allylic oxidation sites excluding steroid dienone is 16. The summed E-state index contributed by atoms with van der Waals surface area (Å²) in [5, 5.41) is 18.4. The number of phosphoric ester groups is 1. The van der Waals surface area contributed by atoms with E-state index < -0.39 is 45.8 Å². The van der Waals surface area contributed by atoms with E-state index >= 15 is 0 Å². The van der Waals surface area contributed by atoms with E-state index in [0.717, 1.165) is 89.9 Å². The maximum absolute atomic E-state index is 12.7. The van der Waals surface area contributed by atoms with Crippen molar-refractivity contribution < 1.29 is 43.0 Å². The highest BCUT2D eigenvalue weighted by atomic mass is 31.2. The van der Waals surface area contributed by atoms with Crippen LogP contribution in [0.4, 0.5) is 0 Å². The molecule has 0 aromatic rings. The molecule has 0 saturated heterocycles. The van der Waals surface area contributed by atoms with E-state index in [2.05, 4.69) is 111 Å². The number of hydrogen-bond acceptors (Lipinski definition) is 8. The number of aliphatic hydroxyl groups is 2. The van der Waals surface area contributed by atoms with Gasteiger partial charge in [-0.3, -0.25) is 13.8 Å². The molecule has 0 fully saturated rings. The molecular formula is C54H93O9P. The summed E-state index contributed by atoms with van der Waals surface area (Å²) >= 11 is 0. The zero-order valence-electron chi connectivity index (χ0n) is 40.5. The lowest BCUT2D eigenvalue weighted by Crippen LogP contribution is -2.29. The number of unbranched alkanes of at least 4 members (excludes halogenated alkanes) is 17. The Hall–Kier alpha value is -2.62. The summed E-state index contributed by atoms with van der Waals surface area (Å²) in [5.41, 5.74) is 0. The smallest absolute Gasteiger partial charge is 0.457 e. The third kappa shape index (κ3) is 48.8. The van der Waals surface area contributed by atoms with Gasteiger partial charge in [-0.25, -0.2) is 4.57 Å². The summed E-state index contributed by atoms with van der Waals surface area (Å²) in [5.74, 6) is -0.410. The van der Waals surface area contributed by atoms with Crippen LogP contribution in [0.15, 0.2) is 97.2 Å². The first-order valence-corrected chi connectivity index (χ1v) is 26.7. The van der Waals surface area contributed by atoms with Gasteiger partial charge in [0.2, 0.25) is 0 Å². The fraction of sp³-hybridized carbons (Fsp3) is 0.685. The van der Waals surface area contributed by atoms with E-state index in [1.807, 2.05) is 0 Å². The Labute approximate surface area is 391 Å². The largest absolute Gasteiger partial charge is 0.472 e. The van der Waals surface area contributed by atoms with Crippen LogP contribution in [0, 0.1) is 0 Å². The van der Waals surface area contributed by atoms with Gasteiger partial charge in [0, 0.05) is 13.0 Å². The summed E-state index contributed by atoms with van der Waals surface area (Å²) in [6.07, 6.45) is 63.7. The molecule has 0 bridgehead atoms. The molecule has 0 aliphatic carbocycles. The first kappa shape index (κ1) is 61.4. The van der Waals surface area contributed by atoms with Crippen molar-refractivity contribution in [2.45, 2.75) is 206 Å². The zero-order chi connectivity index (χ0) is 46.7. The van der Waals surface area contributed by atoms with Gasteiger partial charge in [-0.05, 0) is 96.3 Å². The molecule has 0 saturated carbocycles. The maximum Gasteiger partial charge on any atom is 0.472 e. The van der Waals surface area contributed by atoms with Crippen molar-refractivity contribution in [1.82, 2.24) is 0 Å². The molecule has 0 spiro atoms. The summed E-state index contributed by atoms with van der Waals surface area (Å²) < 4.78 is 33.5. The molecule has 3 N–H and O–H groups in total. The highest BCUT2D eigenvalue weighted by Crippen LogP contribution is 2.43. The second-order valence-electron chi connectivity index (χ2n) is 16.4. The first-order chi connectivity index (χ1) is 31.3. The SMILES string of the molecule is CC/C=C\C/C=C\C/C=C\C/C=C\C/C=C\C/C=C\CCCCCCC(=O)OC(COCCCCCCCCCCCC/C=C\C/C=C\CCCCC)COP(=O)(O)OCC(O)CO. The number of ether oxygens (including phenoxy) is 2. The van der Waals surface area contributed by atoms with Crippen LogP contribution >= 0.6 is 7.82 Å². The van der Waals surface area contributed by atoms with E-state index in [9.17, 15) is 19.4 Å². The van der Waals surface area contributed by atoms with Crippen LogP contribution in [0.5, 0.6) is 0 Å². The van der Waals surface area contributed by atoms with E-state index in [0.29, 0.717) is 13.0 Å². The summed E-state index contributed by atoms with van der Waals surface area (Å²) in [6, 6.07) is 0. The minimum absolute atomic E-state index is 0.0307. The molecule has 10 heteroatoms. The van der Waals surface area contributed by atoms with Crippen LogP contribution in [-0.2, 0) is 27.9 Å². The number of rotatable bonds is 47. The van der Waals surface area contributed by atoms with Gasteiger partial charge < -0.3 is 24.6 Å². The lowest BCUT2D eigenvalue weighted by Gasteiger charge is -2.20. The molecule has 0 heterocycles. The lowest BCUT2D eigenvalue weighted by atomic mass is 10.1. The standard InChI is InChI=1S/C54H93O9P/c1-3-5-7-9-11-13-15-17-19-21-23-25-26-27-28-30-32-34-36-38-40-42-44-46-54(57)63-53(51-62-64(58,59)61-49-52(56)48-55)50-60-47-45-43-41-39-37-35-33-31-29-24-22-20-18-16-14-12-10-8-6-4-2/h5,7,11-14,17-20,23,25,27-28,32,34,52-53,55-56H,3-4,6,8-10,15-16,21-22,24,26,29-31,33,35-51H2,1-2H3,(H,58,59)/b7-5-,13-11-,14-12-,19-17-,20-18-,25-23-,28-27-,34-32-. The van der Waals surface area contributed by atoms with Crippen LogP contribution in [0.1, 0.15) is 194 Å².